The maximum absolute atomic E-state index is 12.3. The minimum Gasteiger partial charge on any atom is -0.464 e. The molecule has 344 valence electrons. The predicted octanol–water partition coefficient (Wildman–Crippen LogP) is 3.26. The molecule has 2 aromatic heterocycles. The molecule has 0 saturated carbocycles. The standard InChI is InChI=1S/C24H22N4O5.C17H14BrN3O3.C7H9NO2/c1-25-21(29)16-7-8-19-18(14-16)20(22(30)33-3)26-28(19)17-6-4-5-15(13-17)9-10-24(32)11-12-27(2)23(24)31;1-19-16(22)10-6-7-14-13(8-10)15(17(23)24-2)20-21(14)12-5-3-4-11(18)9-12;1-3-7(10)4-5-8(2)6(7)9/h4-8,13-14,32H,11-12H2,1-3H3,(H,25,29);3-9H,1-2H3,(H,19,22);1,10H,4-5H2,2H3/t24-;;7-/m0.0/s1. The summed E-state index contributed by atoms with van der Waals surface area (Å²) in [6.45, 7) is 0.983. The van der Waals surface area contributed by atoms with Crippen molar-refractivity contribution in [3.8, 4) is 35.6 Å². The van der Waals surface area contributed by atoms with Gasteiger partial charge in [0.1, 0.15) is 0 Å². The molecule has 2 aliphatic heterocycles. The number of ether oxygens (including phenoxy) is 2. The van der Waals surface area contributed by atoms with Crippen LogP contribution in [0.1, 0.15) is 60.1 Å². The molecule has 0 spiro atoms. The Bertz CT molecular complexity index is 3070. The lowest BCUT2D eigenvalue weighted by Gasteiger charge is -2.13. The van der Waals surface area contributed by atoms with Gasteiger partial charge in [0, 0.05) is 86.1 Å². The number of hydrogen-bond donors (Lipinski definition) is 4. The fraction of sp³-hybridized carbons (Fsp3) is 0.250. The maximum Gasteiger partial charge on any atom is 0.359 e. The fourth-order valence-electron chi connectivity index (χ4n) is 7.15. The van der Waals surface area contributed by atoms with Crippen LogP contribution in [-0.2, 0) is 19.1 Å². The summed E-state index contributed by atoms with van der Waals surface area (Å²) in [5.74, 6) is 5.17. The molecule has 4 aromatic carbocycles. The Morgan fingerprint density at radius 1 is 0.701 bits per heavy atom. The lowest BCUT2D eigenvalue weighted by molar-refractivity contribution is -0.138. The number of likely N-dealkylation sites (N-methyl/N-ethyl adjacent to an activating group) is 2. The quantitative estimate of drug-likeness (QED) is 0.139. The molecule has 0 bridgehead atoms. The summed E-state index contributed by atoms with van der Waals surface area (Å²) in [4.78, 5) is 74.4. The number of esters is 2. The van der Waals surface area contributed by atoms with Crippen molar-refractivity contribution in [1.82, 2.24) is 40.0 Å². The van der Waals surface area contributed by atoms with E-state index in [1.54, 1.807) is 91.2 Å². The first-order chi connectivity index (χ1) is 31.9. The third-order valence-electron chi connectivity index (χ3n) is 10.9. The molecule has 6 aromatic rings. The van der Waals surface area contributed by atoms with Crippen LogP contribution >= 0.6 is 15.9 Å². The van der Waals surface area contributed by atoms with Crippen molar-refractivity contribution in [2.75, 3.05) is 55.5 Å². The van der Waals surface area contributed by atoms with Crippen LogP contribution in [0, 0.1) is 24.2 Å². The number of carbonyl (C=O) groups is 6. The molecule has 2 aliphatic rings. The van der Waals surface area contributed by atoms with E-state index in [4.69, 9.17) is 15.9 Å². The highest BCUT2D eigenvalue weighted by atomic mass is 79.9. The molecule has 2 saturated heterocycles. The third-order valence-corrected chi connectivity index (χ3v) is 11.4. The first kappa shape index (κ1) is 48.6. The first-order valence-electron chi connectivity index (χ1n) is 20.4. The summed E-state index contributed by atoms with van der Waals surface area (Å²) in [6, 6.07) is 24.6. The summed E-state index contributed by atoms with van der Waals surface area (Å²) >= 11 is 3.43. The first-order valence-corrected chi connectivity index (χ1v) is 21.2. The summed E-state index contributed by atoms with van der Waals surface area (Å²) in [7, 11) is 8.89. The van der Waals surface area contributed by atoms with E-state index in [1.807, 2.05) is 24.3 Å². The Hall–Kier alpha value is -7.84. The van der Waals surface area contributed by atoms with Gasteiger partial charge in [0.25, 0.3) is 23.6 Å². The van der Waals surface area contributed by atoms with Crippen LogP contribution in [0.3, 0.4) is 0 Å². The number of terminal acetylenes is 1. The van der Waals surface area contributed by atoms with Crippen LogP contribution in [-0.4, -0.2) is 142 Å². The van der Waals surface area contributed by atoms with E-state index in [-0.39, 0.29) is 35.5 Å². The van der Waals surface area contributed by atoms with Gasteiger partial charge < -0.3 is 40.1 Å². The second kappa shape index (κ2) is 20.1. The van der Waals surface area contributed by atoms with Gasteiger partial charge >= 0.3 is 11.9 Å². The number of halogens is 1. The second-order valence-corrected chi connectivity index (χ2v) is 16.1. The highest BCUT2D eigenvalue weighted by molar-refractivity contribution is 9.10. The van der Waals surface area contributed by atoms with E-state index in [1.165, 1.54) is 31.1 Å². The van der Waals surface area contributed by atoms with E-state index in [9.17, 15) is 39.0 Å². The van der Waals surface area contributed by atoms with E-state index in [2.05, 4.69) is 54.5 Å². The number of fused-ring (bicyclic) bond motifs is 2. The Kier molecular flexibility index (Phi) is 14.6. The van der Waals surface area contributed by atoms with E-state index in [0.29, 0.717) is 63.7 Å². The van der Waals surface area contributed by atoms with Gasteiger partial charge in [0.05, 0.1) is 36.6 Å². The van der Waals surface area contributed by atoms with Crippen molar-refractivity contribution in [3.63, 3.8) is 0 Å². The fourth-order valence-corrected chi connectivity index (χ4v) is 7.54. The zero-order valence-corrected chi connectivity index (χ0v) is 38.8. The van der Waals surface area contributed by atoms with Crippen LogP contribution in [0.4, 0.5) is 0 Å². The van der Waals surface area contributed by atoms with Crippen molar-refractivity contribution < 1.29 is 48.5 Å². The number of amides is 4. The number of carbonyl (C=O) groups excluding carboxylic acids is 6. The molecule has 2 fully saturated rings. The summed E-state index contributed by atoms with van der Waals surface area (Å²) in [5, 5.41) is 34.8. The zero-order chi connectivity index (χ0) is 48.8. The third kappa shape index (κ3) is 10.0. The minimum absolute atomic E-state index is 0.0728. The van der Waals surface area contributed by atoms with Gasteiger partial charge in [-0.05, 0) is 72.8 Å². The van der Waals surface area contributed by atoms with Crippen LogP contribution in [0.15, 0.2) is 89.4 Å². The Labute approximate surface area is 392 Å². The van der Waals surface area contributed by atoms with Crippen molar-refractivity contribution in [2.24, 2.45) is 0 Å². The largest absolute Gasteiger partial charge is 0.464 e. The second-order valence-electron chi connectivity index (χ2n) is 15.2. The number of hydrogen-bond acceptors (Lipinski definition) is 12. The average molecular weight is 974 g/mol. The van der Waals surface area contributed by atoms with Gasteiger partial charge in [-0.1, -0.05) is 45.8 Å². The van der Waals surface area contributed by atoms with Crippen molar-refractivity contribution in [1.29, 1.82) is 0 Å². The van der Waals surface area contributed by atoms with Gasteiger partial charge in [-0.2, -0.15) is 10.2 Å². The lowest BCUT2D eigenvalue weighted by Crippen LogP contribution is -2.37. The van der Waals surface area contributed by atoms with Crippen LogP contribution in [0.25, 0.3) is 33.2 Å². The molecule has 0 radical (unpaired) electrons. The number of nitrogens with zero attached hydrogens (tertiary/aromatic N) is 6. The summed E-state index contributed by atoms with van der Waals surface area (Å²) < 4.78 is 13.8. The van der Waals surface area contributed by atoms with Gasteiger partial charge in [0.2, 0.25) is 11.2 Å². The molecule has 18 nitrogen and oxygen atoms in total. The number of nitrogens with one attached hydrogen (secondary N) is 2. The average Bonchev–Trinajstić information content (AvgIpc) is 4.08. The van der Waals surface area contributed by atoms with Gasteiger partial charge in [-0.15, -0.1) is 6.42 Å². The van der Waals surface area contributed by atoms with E-state index >= 15 is 0 Å². The number of benzene rings is 4. The molecule has 2 atom stereocenters. The Morgan fingerprint density at radius 3 is 1.57 bits per heavy atom. The number of aliphatic hydroxyl groups is 2. The SMILES string of the molecule is C#C[C@]1(O)CCN(C)C1=O.CNC(=O)c1ccc2c(c1)c(C(=O)OC)nn2-c1cccc(Br)c1.CNC(=O)c1ccc2c(c1)c(C(=O)OC)nn2-c1cccc(C#C[C@]2(O)CCN(C)C2=O)c1. The number of rotatable bonds is 6. The smallest absolute Gasteiger partial charge is 0.359 e. The molecule has 4 amide bonds. The van der Waals surface area contributed by atoms with Crippen LogP contribution < -0.4 is 10.6 Å². The molecule has 19 heteroatoms. The summed E-state index contributed by atoms with van der Waals surface area (Å²) in [5.41, 5.74) is 1.12. The van der Waals surface area contributed by atoms with Gasteiger partial charge in [0.15, 0.2) is 11.4 Å². The van der Waals surface area contributed by atoms with Crippen molar-refractivity contribution in [3.05, 3.63) is 117 Å². The number of aromatic nitrogens is 4. The predicted molar refractivity (Wildman–Crippen MR) is 249 cm³/mol. The molecule has 67 heavy (non-hydrogen) atoms. The number of methoxy groups -OCH3 is 2. The molecule has 4 heterocycles. The Balaban J connectivity index is 0.000000189. The number of likely N-dealkylation sites (tertiary alicyclic amines) is 2. The van der Waals surface area contributed by atoms with E-state index < -0.39 is 29.0 Å². The molecular weight excluding hydrogens is 928 g/mol. The topological polar surface area (TPSA) is 228 Å². The van der Waals surface area contributed by atoms with Gasteiger partial charge in [-0.25, -0.2) is 19.0 Å². The zero-order valence-electron chi connectivity index (χ0n) is 37.2. The lowest BCUT2D eigenvalue weighted by atomic mass is 10.0. The molecule has 8 rings (SSSR count). The maximum atomic E-state index is 12.3. The minimum atomic E-state index is -1.70. The monoisotopic (exact) mass is 972 g/mol. The highest BCUT2D eigenvalue weighted by Crippen LogP contribution is 2.28. The highest BCUT2D eigenvalue weighted by Gasteiger charge is 2.43. The van der Waals surface area contributed by atoms with Crippen molar-refractivity contribution >= 4 is 73.3 Å². The normalized spacial score (nSPS) is 17.3. The van der Waals surface area contributed by atoms with Gasteiger partial charge in [-0.3, -0.25) is 19.2 Å². The molecule has 0 aliphatic carbocycles. The molecule has 0 unspecified atom stereocenters. The van der Waals surface area contributed by atoms with Crippen molar-refractivity contribution in [2.45, 2.75) is 24.0 Å². The molecule has 4 N–H and O–H groups in total. The van der Waals surface area contributed by atoms with Crippen LogP contribution in [0.2, 0.25) is 0 Å². The molecular formula is C48H45BrN8O10. The summed E-state index contributed by atoms with van der Waals surface area (Å²) in [6.07, 6.45) is 5.56. The van der Waals surface area contributed by atoms with Crippen LogP contribution in [0.5, 0.6) is 0 Å². The Morgan fingerprint density at radius 2 is 1.16 bits per heavy atom. The van der Waals surface area contributed by atoms with E-state index in [0.717, 1.165) is 10.2 Å².